The van der Waals surface area contributed by atoms with Crippen LogP contribution in [0.1, 0.15) is 6.92 Å². The molecular weight excluding hydrogens is 168 g/mol. The Labute approximate surface area is 66.3 Å². The summed E-state index contributed by atoms with van der Waals surface area (Å²) in [6.45, 7) is 1.39. The van der Waals surface area contributed by atoms with Gasteiger partial charge in [0.15, 0.2) is 9.76 Å². The minimum atomic E-state index is -0.560. The van der Waals surface area contributed by atoms with E-state index in [1.165, 1.54) is 6.92 Å². The topological polar surface area (TPSA) is 69.9 Å². The Morgan fingerprint density at radius 3 is 2.00 bits per heavy atom. The minimum Gasteiger partial charge on any atom is -0.466 e. The molecule has 0 rings (SSSR count). The number of hydrogen-bond acceptors (Lipinski definition) is 4. The van der Waals surface area contributed by atoms with Gasteiger partial charge in [-0.25, -0.2) is 0 Å². The maximum absolute atomic E-state index is 8.11. The average Bonchev–Trinajstić information content (AvgIpc) is 1.91. The van der Waals surface area contributed by atoms with E-state index in [1.807, 2.05) is 0 Å². The second-order valence-electron chi connectivity index (χ2n) is 1.75. The molecule has 0 aliphatic heterocycles. The smallest absolute Gasteiger partial charge is 0.171 e. The van der Waals surface area contributed by atoms with Gasteiger partial charge in [0.25, 0.3) is 0 Å². The van der Waals surface area contributed by atoms with Gasteiger partial charge < -0.3 is 19.4 Å². The van der Waals surface area contributed by atoms with E-state index in [2.05, 4.69) is 0 Å². The first-order chi connectivity index (χ1) is 4.68. The second kappa shape index (κ2) is 12.0. The first-order valence-electron chi connectivity index (χ1n) is 3.07. The van der Waals surface area contributed by atoms with Crippen LogP contribution in [0.2, 0.25) is 0 Å². The molecule has 3 N–H and O–H groups in total. The largest absolute Gasteiger partial charge is 0.466 e. The third-order valence-corrected chi connectivity index (χ3v) is 2.38. The van der Waals surface area contributed by atoms with Crippen LogP contribution in [0.5, 0.6) is 0 Å². The Hall–Kier alpha value is 0.274. The fourth-order valence-corrected chi connectivity index (χ4v) is 0.822. The summed E-state index contributed by atoms with van der Waals surface area (Å²) in [7, 11) is 0.350. The quantitative estimate of drug-likeness (QED) is 0.402. The van der Waals surface area contributed by atoms with Gasteiger partial charge in [0.2, 0.25) is 0 Å². The Kier molecular flexibility index (Phi) is 15.5. The summed E-state index contributed by atoms with van der Waals surface area (Å²) >= 11 is 0. The van der Waals surface area contributed by atoms with Gasteiger partial charge in [0, 0.05) is 0 Å². The van der Waals surface area contributed by atoms with Crippen LogP contribution in [0.25, 0.3) is 0 Å². The molecule has 6 heteroatoms. The van der Waals surface area contributed by atoms with E-state index < -0.39 is 15.9 Å². The molecule has 0 aliphatic carbocycles. The lowest BCUT2D eigenvalue weighted by molar-refractivity contribution is 0.110. The monoisotopic (exact) mass is 184 g/mol. The fourth-order valence-electron chi connectivity index (χ4n) is 0.0913. The average molecular weight is 184 g/mol. The normalized spacial score (nSPS) is 13.2. The SMILES string of the molecule is CC(O)CO.OC[SiH2]O[SiH3]. The van der Waals surface area contributed by atoms with Crippen LogP contribution in [0.15, 0.2) is 0 Å². The molecule has 0 aliphatic rings. The van der Waals surface area contributed by atoms with E-state index >= 15 is 0 Å². The van der Waals surface area contributed by atoms with Crippen LogP contribution in [0.3, 0.4) is 0 Å². The van der Waals surface area contributed by atoms with Crippen LogP contribution in [0, 0.1) is 0 Å². The molecule has 0 spiro atoms. The van der Waals surface area contributed by atoms with Crippen molar-refractivity contribution in [2.24, 2.45) is 0 Å². The van der Waals surface area contributed by atoms with Gasteiger partial charge in [-0.2, -0.15) is 0 Å². The highest BCUT2D eigenvalue weighted by Gasteiger charge is 1.83. The lowest BCUT2D eigenvalue weighted by Gasteiger charge is -1.90. The first kappa shape index (κ1) is 12.9. The summed E-state index contributed by atoms with van der Waals surface area (Å²) in [4.78, 5) is 0. The Morgan fingerprint density at radius 2 is 2.00 bits per heavy atom. The third-order valence-electron chi connectivity index (χ3n) is 0.560. The van der Waals surface area contributed by atoms with Crippen molar-refractivity contribution >= 4 is 20.2 Å². The second-order valence-corrected chi connectivity index (χ2v) is 4.91. The van der Waals surface area contributed by atoms with Gasteiger partial charge in [-0.1, -0.05) is 0 Å². The maximum Gasteiger partial charge on any atom is 0.171 e. The zero-order chi connectivity index (χ0) is 8.41. The summed E-state index contributed by atoms with van der Waals surface area (Å²) in [5, 5.41) is 24.0. The highest BCUT2D eigenvalue weighted by atomic mass is 28.3. The van der Waals surface area contributed by atoms with Crippen molar-refractivity contribution in [2.75, 3.05) is 12.8 Å². The number of rotatable bonds is 3. The fraction of sp³-hybridized carbons (Fsp3) is 1.00. The molecule has 0 saturated carbocycles. The molecule has 0 aromatic heterocycles. The van der Waals surface area contributed by atoms with Crippen molar-refractivity contribution in [3.63, 3.8) is 0 Å². The molecule has 64 valence electrons. The van der Waals surface area contributed by atoms with Crippen molar-refractivity contribution in [1.29, 1.82) is 0 Å². The number of aliphatic hydroxyl groups excluding tert-OH is 3. The summed E-state index contributed by atoms with van der Waals surface area (Å²) in [5.41, 5.74) is 0. The molecule has 0 amide bonds. The van der Waals surface area contributed by atoms with Gasteiger partial charge in [-0.3, -0.25) is 0 Å². The minimum absolute atomic E-state index is 0.139. The van der Waals surface area contributed by atoms with E-state index in [1.54, 1.807) is 0 Å². The molecule has 1 atom stereocenters. The van der Waals surface area contributed by atoms with Crippen LogP contribution in [0.4, 0.5) is 0 Å². The van der Waals surface area contributed by atoms with E-state index in [9.17, 15) is 0 Å². The van der Waals surface area contributed by atoms with Crippen LogP contribution >= 0.6 is 0 Å². The van der Waals surface area contributed by atoms with Crippen LogP contribution < -0.4 is 0 Å². The van der Waals surface area contributed by atoms with Gasteiger partial charge >= 0.3 is 0 Å². The first-order valence-corrected chi connectivity index (χ1v) is 5.47. The van der Waals surface area contributed by atoms with Gasteiger partial charge in [0.05, 0.1) is 18.9 Å². The number of aliphatic hydroxyl groups is 3. The van der Waals surface area contributed by atoms with Gasteiger partial charge in [-0.15, -0.1) is 0 Å². The molecule has 0 bridgehead atoms. The predicted octanol–water partition coefficient (Wildman–Crippen LogP) is -3.32. The highest BCUT2D eigenvalue weighted by molar-refractivity contribution is 6.33. The Morgan fingerprint density at radius 1 is 1.60 bits per heavy atom. The molecule has 0 radical (unpaired) electrons. The Bertz CT molecular complexity index is 50.5. The summed E-state index contributed by atoms with van der Waals surface area (Å²) in [5.74, 6) is 0. The van der Waals surface area contributed by atoms with Crippen molar-refractivity contribution in [3.8, 4) is 0 Å². The van der Waals surface area contributed by atoms with Crippen molar-refractivity contribution in [2.45, 2.75) is 13.0 Å². The molecule has 0 aromatic carbocycles. The molecular formula is C4H16O4Si2. The third kappa shape index (κ3) is 24.0. The molecule has 4 nitrogen and oxygen atoms in total. The molecule has 0 heterocycles. The van der Waals surface area contributed by atoms with Crippen molar-refractivity contribution in [3.05, 3.63) is 0 Å². The van der Waals surface area contributed by atoms with Gasteiger partial charge in [0.1, 0.15) is 10.5 Å². The van der Waals surface area contributed by atoms with Crippen molar-refractivity contribution in [1.82, 2.24) is 0 Å². The summed E-state index contributed by atoms with van der Waals surface area (Å²) < 4.78 is 4.72. The zero-order valence-electron chi connectivity index (χ0n) is 6.45. The van der Waals surface area contributed by atoms with Crippen LogP contribution in [-0.4, -0.2) is 54.5 Å². The lowest BCUT2D eigenvalue weighted by Crippen LogP contribution is -2.03. The predicted molar refractivity (Wildman–Crippen MR) is 45.4 cm³/mol. The zero-order valence-corrected chi connectivity index (χ0v) is 9.86. The molecule has 0 aromatic rings. The van der Waals surface area contributed by atoms with Gasteiger partial charge in [-0.05, 0) is 6.92 Å². The summed E-state index contributed by atoms with van der Waals surface area (Å²) in [6.07, 6.45) is -0.265. The van der Waals surface area contributed by atoms with E-state index in [0.29, 0.717) is 6.23 Å². The highest BCUT2D eigenvalue weighted by Crippen LogP contribution is 1.68. The molecule has 0 fully saturated rings. The van der Waals surface area contributed by atoms with Crippen molar-refractivity contribution < 1.29 is 19.4 Å². The number of hydrogen-bond donors (Lipinski definition) is 3. The maximum atomic E-state index is 8.11. The Balaban J connectivity index is 0. The molecule has 1 unspecified atom stereocenters. The van der Waals surface area contributed by atoms with E-state index in [-0.39, 0.29) is 6.61 Å². The van der Waals surface area contributed by atoms with Crippen LogP contribution in [-0.2, 0) is 4.12 Å². The molecule has 0 saturated heterocycles. The van der Waals surface area contributed by atoms with E-state index in [4.69, 9.17) is 19.4 Å². The van der Waals surface area contributed by atoms with E-state index in [0.717, 1.165) is 10.5 Å². The molecule has 10 heavy (non-hydrogen) atoms. The lowest BCUT2D eigenvalue weighted by atomic mass is 10.5. The summed E-state index contributed by atoms with van der Waals surface area (Å²) in [6, 6.07) is 0. The standard InChI is InChI=1S/C3H8O2.CH8O2Si2/c1-3(5)2-4;2-1-5-3-4/h3-5H,2H2,1H3;2H,1,5H2,4H3.